The van der Waals surface area contributed by atoms with Crippen LogP contribution in [0.1, 0.15) is 25.7 Å². The summed E-state index contributed by atoms with van der Waals surface area (Å²) in [5.41, 5.74) is 0. The van der Waals surface area contributed by atoms with Crippen molar-refractivity contribution in [1.82, 2.24) is 4.90 Å². The molecule has 0 aromatic heterocycles. The second-order valence-electron chi connectivity index (χ2n) is 3.02. The van der Waals surface area contributed by atoms with Crippen LogP contribution in [0, 0.1) is 0 Å². The molecule has 0 radical (unpaired) electrons. The van der Waals surface area contributed by atoms with Gasteiger partial charge in [0.1, 0.15) is 0 Å². The molecule has 11 heavy (non-hydrogen) atoms. The highest BCUT2D eigenvalue weighted by atomic mass is 16.1. The fourth-order valence-electron chi connectivity index (χ4n) is 1.61. The highest BCUT2D eigenvalue weighted by Gasteiger charge is 2.18. The van der Waals surface area contributed by atoms with Gasteiger partial charge in [-0.1, -0.05) is 6.08 Å². The zero-order valence-corrected chi connectivity index (χ0v) is 6.83. The third kappa shape index (κ3) is 2.07. The zero-order valence-electron chi connectivity index (χ0n) is 6.83. The van der Waals surface area contributed by atoms with Gasteiger partial charge in [0.15, 0.2) is 0 Å². The SMILES string of the molecule is C=CCC1CCCCN1C=O. The number of likely N-dealkylation sites (tertiary alicyclic amines) is 1. The van der Waals surface area contributed by atoms with Crippen molar-refractivity contribution < 1.29 is 4.79 Å². The fourth-order valence-corrected chi connectivity index (χ4v) is 1.61. The van der Waals surface area contributed by atoms with E-state index in [9.17, 15) is 4.79 Å². The maximum atomic E-state index is 10.5. The number of rotatable bonds is 3. The highest BCUT2D eigenvalue weighted by Crippen LogP contribution is 2.17. The van der Waals surface area contributed by atoms with E-state index in [4.69, 9.17) is 0 Å². The van der Waals surface area contributed by atoms with E-state index in [-0.39, 0.29) is 0 Å². The van der Waals surface area contributed by atoms with E-state index in [1.807, 2.05) is 11.0 Å². The number of hydrogen-bond donors (Lipinski definition) is 0. The second-order valence-corrected chi connectivity index (χ2v) is 3.02. The number of nitrogens with zero attached hydrogens (tertiary/aromatic N) is 1. The van der Waals surface area contributed by atoms with Gasteiger partial charge in [0.05, 0.1) is 0 Å². The highest BCUT2D eigenvalue weighted by molar-refractivity contribution is 5.48. The molecule has 1 amide bonds. The topological polar surface area (TPSA) is 20.3 Å². The molecule has 0 spiro atoms. The van der Waals surface area contributed by atoms with Crippen molar-refractivity contribution in [2.75, 3.05) is 6.54 Å². The van der Waals surface area contributed by atoms with Gasteiger partial charge in [-0.3, -0.25) is 4.79 Å². The van der Waals surface area contributed by atoms with Crippen molar-refractivity contribution in [2.45, 2.75) is 31.7 Å². The van der Waals surface area contributed by atoms with Gasteiger partial charge >= 0.3 is 0 Å². The smallest absolute Gasteiger partial charge is 0.209 e. The average Bonchev–Trinajstić information content (AvgIpc) is 2.06. The Morgan fingerprint density at radius 1 is 1.55 bits per heavy atom. The number of carbonyl (C=O) groups excluding carboxylic acids is 1. The Bertz CT molecular complexity index is 144. The first kappa shape index (κ1) is 8.31. The third-order valence-corrected chi connectivity index (χ3v) is 2.25. The Labute approximate surface area is 67.9 Å². The lowest BCUT2D eigenvalue weighted by molar-refractivity contribution is -0.121. The molecule has 1 saturated heterocycles. The van der Waals surface area contributed by atoms with Gasteiger partial charge in [0, 0.05) is 12.6 Å². The van der Waals surface area contributed by atoms with Crippen LogP contribution in [0.25, 0.3) is 0 Å². The molecule has 1 aliphatic heterocycles. The minimum atomic E-state index is 0.429. The summed E-state index contributed by atoms with van der Waals surface area (Å²) >= 11 is 0. The third-order valence-electron chi connectivity index (χ3n) is 2.25. The molecule has 0 N–H and O–H groups in total. The normalized spacial score (nSPS) is 24.7. The van der Waals surface area contributed by atoms with E-state index < -0.39 is 0 Å². The molecule has 0 aliphatic carbocycles. The van der Waals surface area contributed by atoms with Gasteiger partial charge in [0.25, 0.3) is 0 Å². The lowest BCUT2D eigenvalue weighted by Crippen LogP contribution is -2.37. The number of piperidine rings is 1. The first-order valence-corrected chi connectivity index (χ1v) is 4.20. The molecule has 1 rings (SSSR count). The maximum absolute atomic E-state index is 10.5. The van der Waals surface area contributed by atoms with Crippen LogP contribution in [0.3, 0.4) is 0 Å². The van der Waals surface area contributed by atoms with Crippen LogP contribution in [-0.2, 0) is 4.79 Å². The van der Waals surface area contributed by atoms with E-state index in [0.29, 0.717) is 6.04 Å². The van der Waals surface area contributed by atoms with Crippen molar-refractivity contribution in [1.29, 1.82) is 0 Å². The Morgan fingerprint density at radius 3 is 3.00 bits per heavy atom. The molecule has 1 fully saturated rings. The summed E-state index contributed by atoms with van der Waals surface area (Å²) in [6.07, 6.45) is 7.36. The van der Waals surface area contributed by atoms with Crippen LogP contribution in [0.2, 0.25) is 0 Å². The zero-order chi connectivity index (χ0) is 8.10. The van der Waals surface area contributed by atoms with Crippen molar-refractivity contribution >= 4 is 6.41 Å². The summed E-state index contributed by atoms with van der Waals surface area (Å²) in [6, 6.07) is 0.429. The standard InChI is InChI=1S/C9H15NO/c1-2-5-9-6-3-4-7-10(9)8-11/h2,8-9H,1,3-7H2. The summed E-state index contributed by atoms with van der Waals surface area (Å²) in [5, 5.41) is 0. The van der Waals surface area contributed by atoms with Gasteiger partial charge in [-0.25, -0.2) is 0 Å². The molecule has 0 aromatic rings. The van der Waals surface area contributed by atoms with Crippen LogP contribution >= 0.6 is 0 Å². The molecule has 2 nitrogen and oxygen atoms in total. The van der Waals surface area contributed by atoms with Crippen LogP contribution < -0.4 is 0 Å². The molecule has 0 aromatic carbocycles. The lowest BCUT2D eigenvalue weighted by atomic mass is 10.0. The summed E-state index contributed by atoms with van der Waals surface area (Å²) in [5.74, 6) is 0. The van der Waals surface area contributed by atoms with Gasteiger partial charge < -0.3 is 4.90 Å². The molecular formula is C9H15NO. The molecule has 1 atom stereocenters. The van der Waals surface area contributed by atoms with E-state index in [1.54, 1.807) is 0 Å². The molecule has 1 aliphatic rings. The molecule has 1 unspecified atom stereocenters. The minimum absolute atomic E-state index is 0.429. The predicted octanol–water partition coefficient (Wildman–Crippen LogP) is 1.57. The van der Waals surface area contributed by atoms with Gasteiger partial charge in [0.2, 0.25) is 6.41 Å². The lowest BCUT2D eigenvalue weighted by Gasteiger charge is -2.31. The van der Waals surface area contributed by atoms with Crippen molar-refractivity contribution in [3.63, 3.8) is 0 Å². The van der Waals surface area contributed by atoms with E-state index >= 15 is 0 Å². The van der Waals surface area contributed by atoms with Crippen LogP contribution in [0.4, 0.5) is 0 Å². The Hall–Kier alpha value is -0.790. The van der Waals surface area contributed by atoms with Crippen LogP contribution in [0.15, 0.2) is 12.7 Å². The van der Waals surface area contributed by atoms with Crippen LogP contribution in [-0.4, -0.2) is 23.9 Å². The summed E-state index contributed by atoms with van der Waals surface area (Å²) in [4.78, 5) is 12.4. The van der Waals surface area contributed by atoms with Crippen molar-refractivity contribution in [2.24, 2.45) is 0 Å². The van der Waals surface area contributed by atoms with E-state index in [1.165, 1.54) is 6.42 Å². The summed E-state index contributed by atoms with van der Waals surface area (Å²) in [6.45, 7) is 4.61. The number of hydrogen-bond acceptors (Lipinski definition) is 1. The largest absolute Gasteiger partial charge is 0.342 e. The van der Waals surface area contributed by atoms with Gasteiger partial charge in [-0.2, -0.15) is 0 Å². The quantitative estimate of drug-likeness (QED) is 0.445. The Balaban J connectivity index is 2.43. The minimum Gasteiger partial charge on any atom is -0.342 e. The molecule has 62 valence electrons. The van der Waals surface area contributed by atoms with E-state index in [2.05, 4.69) is 6.58 Å². The van der Waals surface area contributed by atoms with Crippen molar-refractivity contribution in [3.05, 3.63) is 12.7 Å². The molecule has 1 heterocycles. The summed E-state index contributed by atoms with van der Waals surface area (Å²) < 4.78 is 0. The Morgan fingerprint density at radius 2 is 2.36 bits per heavy atom. The second kappa shape index (κ2) is 4.16. The monoisotopic (exact) mass is 153 g/mol. The van der Waals surface area contributed by atoms with Gasteiger partial charge in [-0.05, 0) is 25.7 Å². The molecule has 0 bridgehead atoms. The molecule has 0 saturated carbocycles. The predicted molar refractivity (Wildman–Crippen MR) is 45.2 cm³/mol. The maximum Gasteiger partial charge on any atom is 0.209 e. The number of amides is 1. The first-order valence-electron chi connectivity index (χ1n) is 4.20. The molecular weight excluding hydrogens is 138 g/mol. The van der Waals surface area contributed by atoms with Crippen LogP contribution in [0.5, 0.6) is 0 Å². The average molecular weight is 153 g/mol. The van der Waals surface area contributed by atoms with E-state index in [0.717, 1.165) is 32.2 Å². The first-order chi connectivity index (χ1) is 5.38. The summed E-state index contributed by atoms with van der Waals surface area (Å²) in [7, 11) is 0. The Kier molecular flexibility index (Phi) is 3.14. The van der Waals surface area contributed by atoms with Crippen molar-refractivity contribution in [3.8, 4) is 0 Å². The number of carbonyl (C=O) groups is 1. The molecule has 2 heteroatoms. The van der Waals surface area contributed by atoms with Gasteiger partial charge in [-0.15, -0.1) is 6.58 Å². The fraction of sp³-hybridized carbons (Fsp3) is 0.667.